The van der Waals surface area contributed by atoms with E-state index in [0.717, 1.165) is 22.7 Å². The Morgan fingerprint density at radius 1 is 1.24 bits per heavy atom. The molecule has 0 spiro atoms. The summed E-state index contributed by atoms with van der Waals surface area (Å²) in [5.41, 5.74) is 1.89. The van der Waals surface area contributed by atoms with Crippen LogP contribution in [-0.4, -0.2) is 38.0 Å². The second kappa shape index (κ2) is 7.63. The van der Waals surface area contributed by atoms with Gasteiger partial charge in [-0.1, -0.05) is 49.0 Å². The number of benzene rings is 2. The van der Waals surface area contributed by atoms with Crippen molar-refractivity contribution in [2.24, 2.45) is 0 Å². The van der Waals surface area contributed by atoms with Gasteiger partial charge in [0, 0.05) is 10.9 Å². The van der Waals surface area contributed by atoms with Gasteiger partial charge in [-0.2, -0.15) is 0 Å². The summed E-state index contributed by atoms with van der Waals surface area (Å²) in [5, 5.41) is 9.94. The average molecular weight is 409 g/mol. The molecule has 4 aromatic rings. The SMILES string of the molecule is CCC(Sc1nc2c([nH]c3ccccc32)c(=O)n1-c1ccccc1OC)C(=O)O. The van der Waals surface area contributed by atoms with Crippen LogP contribution in [0.3, 0.4) is 0 Å². The van der Waals surface area contributed by atoms with Crippen LogP contribution in [0.5, 0.6) is 5.75 Å². The summed E-state index contributed by atoms with van der Waals surface area (Å²) >= 11 is 1.06. The first-order valence-electron chi connectivity index (χ1n) is 9.11. The van der Waals surface area contributed by atoms with E-state index in [1.54, 1.807) is 31.2 Å². The number of rotatable bonds is 6. The first-order valence-corrected chi connectivity index (χ1v) is 9.99. The molecule has 0 aliphatic rings. The third kappa shape index (κ3) is 3.25. The van der Waals surface area contributed by atoms with Crippen LogP contribution in [-0.2, 0) is 4.79 Å². The van der Waals surface area contributed by atoms with Gasteiger partial charge in [0.05, 0.1) is 12.8 Å². The summed E-state index contributed by atoms with van der Waals surface area (Å²) in [7, 11) is 1.53. The van der Waals surface area contributed by atoms with Crippen molar-refractivity contribution in [3.63, 3.8) is 0 Å². The molecule has 2 heterocycles. The van der Waals surface area contributed by atoms with Gasteiger partial charge >= 0.3 is 5.97 Å². The van der Waals surface area contributed by atoms with Crippen molar-refractivity contribution in [1.29, 1.82) is 0 Å². The molecule has 2 N–H and O–H groups in total. The largest absolute Gasteiger partial charge is 0.495 e. The first-order chi connectivity index (χ1) is 14.0. The van der Waals surface area contributed by atoms with E-state index in [1.807, 2.05) is 24.3 Å². The molecule has 4 rings (SSSR count). The Hall–Kier alpha value is -3.26. The van der Waals surface area contributed by atoms with E-state index in [0.29, 0.717) is 34.0 Å². The van der Waals surface area contributed by atoms with Crippen molar-refractivity contribution >= 4 is 39.7 Å². The molecule has 0 fully saturated rings. The van der Waals surface area contributed by atoms with Crippen molar-refractivity contribution in [3.8, 4) is 11.4 Å². The molecule has 0 radical (unpaired) electrons. The van der Waals surface area contributed by atoms with Gasteiger partial charge in [-0.15, -0.1) is 0 Å². The summed E-state index contributed by atoms with van der Waals surface area (Å²) in [6.07, 6.45) is 0.397. The summed E-state index contributed by atoms with van der Waals surface area (Å²) in [6, 6.07) is 14.6. The molecule has 29 heavy (non-hydrogen) atoms. The topological polar surface area (TPSA) is 97.2 Å². The fraction of sp³-hybridized carbons (Fsp3) is 0.190. The number of aromatic nitrogens is 3. The monoisotopic (exact) mass is 409 g/mol. The molecule has 0 saturated heterocycles. The highest BCUT2D eigenvalue weighted by atomic mass is 32.2. The molecule has 2 aromatic carbocycles. The Bertz CT molecular complexity index is 1280. The van der Waals surface area contributed by atoms with Crippen molar-refractivity contribution in [2.75, 3.05) is 7.11 Å². The van der Waals surface area contributed by atoms with Crippen LogP contribution in [0.2, 0.25) is 0 Å². The quantitative estimate of drug-likeness (QED) is 0.371. The normalized spacial score (nSPS) is 12.3. The predicted octanol–water partition coefficient (Wildman–Crippen LogP) is 3.83. The number of carboxylic acids is 1. The number of methoxy groups -OCH3 is 1. The van der Waals surface area contributed by atoms with E-state index in [1.165, 1.54) is 11.7 Å². The molecule has 0 amide bonds. The fourth-order valence-corrected chi connectivity index (χ4v) is 4.24. The van der Waals surface area contributed by atoms with Crippen LogP contribution >= 0.6 is 11.8 Å². The Kier molecular flexibility index (Phi) is 5.02. The maximum absolute atomic E-state index is 13.5. The summed E-state index contributed by atoms with van der Waals surface area (Å²) in [5.74, 6) is -0.450. The second-order valence-electron chi connectivity index (χ2n) is 6.45. The van der Waals surface area contributed by atoms with Gasteiger partial charge in [-0.3, -0.25) is 9.59 Å². The molecule has 0 saturated carbocycles. The van der Waals surface area contributed by atoms with Crippen LogP contribution in [0.15, 0.2) is 58.5 Å². The third-order valence-electron chi connectivity index (χ3n) is 4.71. The number of aromatic amines is 1. The Morgan fingerprint density at radius 3 is 2.69 bits per heavy atom. The molecule has 148 valence electrons. The maximum Gasteiger partial charge on any atom is 0.317 e. The van der Waals surface area contributed by atoms with Gasteiger partial charge < -0.3 is 14.8 Å². The average Bonchev–Trinajstić information content (AvgIpc) is 3.11. The molecule has 1 unspecified atom stereocenters. The lowest BCUT2D eigenvalue weighted by atomic mass is 10.2. The molecule has 0 aliphatic heterocycles. The molecule has 8 heteroatoms. The van der Waals surface area contributed by atoms with Crippen LogP contribution in [0.25, 0.3) is 27.6 Å². The Balaban J connectivity index is 2.07. The minimum atomic E-state index is -0.947. The second-order valence-corrected chi connectivity index (χ2v) is 7.62. The number of ether oxygens (including phenoxy) is 1. The zero-order chi connectivity index (χ0) is 20.5. The van der Waals surface area contributed by atoms with E-state index in [9.17, 15) is 14.7 Å². The number of fused-ring (bicyclic) bond motifs is 3. The van der Waals surface area contributed by atoms with Crippen LogP contribution < -0.4 is 10.3 Å². The molecular weight excluding hydrogens is 390 g/mol. The van der Waals surface area contributed by atoms with E-state index < -0.39 is 11.2 Å². The van der Waals surface area contributed by atoms with Crippen LogP contribution in [0, 0.1) is 0 Å². The predicted molar refractivity (Wildman–Crippen MR) is 113 cm³/mol. The van der Waals surface area contributed by atoms with Gasteiger partial charge in [0.2, 0.25) is 0 Å². The molecule has 7 nitrogen and oxygen atoms in total. The minimum Gasteiger partial charge on any atom is -0.495 e. The molecule has 1 atom stereocenters. The minimum absolute atomic E-state index is 0.307. The highest BCUT2D eigenvalue weighted by Crippen LogP contribution is 2.31. The van der Waals surface area contributed by atoms with Crippen molar-refractivity contribution in [2.45, 2.75) is 23.8 Å². The van der Waals surface area contributed by atoms with Gasteiger partial charge in [-0.25, -0.2) is 9.55 Å². The zero-order valence-corrected chi connectivity index (χ0v) is 16.7. The van der Waals surface area contributed by atoms with Gasteiger partial charge in [-0.05, 0) is 24.6 Å². The number of carboxylic acid groups (broad SMARTS) is 1. The molecular formula is C21H19N3O4S. The Labute approximate surface area is 170 Å². The lowest BCUT2D eigenvalue weighted by Gasteiger charge is -2.16. The van der Waals surface area contributed by atoms with Gasteiger partial charge in [0.15, 0.2) is 5.16 Å². The van der Waals surface area contributed by atoms with Crippen molar-refractivity contribution in [3.05, 3.63) is 58.9 Å². The number of nitrogens with zero attached hydrogens (tertiary/aromatic N) is 2. The molecule has 0 aliphatic carbocycles. The smallest absolute Gasteiger partial charge is 0.317 e. The molecule has 2 aromatic heterocycles. The van der Waals surface area contributed by atoms with Crippen molar-refractivity contribution in [1.82, 2.24) is 14.5 Å². The van der Waals surface area contributed by atoms with Crippen molar-refractivity contribution < 1.29 is 14.6 Å². The number of thioether (sulfide) groups is 1. The number of para-hydroxylation sites is 3. The van der Waals surface area contributed by atoms with Crippen LogP contribution in [0.4, 0.5) is 0 Å². The maximum atomic E-state index is 13.5. The fourth-order valence-electron chi connectivity index (χ4n) is 3.28. The van der Waals surface area contributed by atoms with Gasteiger partial charge in [0.25, 0.3) is 5.56 Å². The number of H-pyrrole nitrogens is 1. The lowest BCUT2D eigenvalue weighted by Crippen LogP contribution is -2.24. The summed E-state index contributed by atoms with van der Waals surface area (Å²) < 4.78 is 6.86. The number of aliphatic carboxylic acids is 1. The molecule has 0 bridgehead atoms. The standard InChI is InChI=1S/C21H19N3O4S/c1-3-16(20(26)27)29-21-23-17-12-8-4-5-9-13(12)22-18(17)19(25)24(21)14-10-6-7-11-15(14)28-2/h4-11,16,22H,3H2,1-2H3,(H,26,27). The highest BCUT2D eigenvalue weighted by molar-refractivity contribution is 8.00. The number of hydrogen-bond acceptors (Lipinski definition) is 5. The number of nitrogens with one attached hydrogen (secondary N) is 1. The number of hydrogen-bond donors (Lipinski definition) is 2. The summed E-state index contributed by atoms with van der Waals surface area (Å²) in [6.45, 7) is 1.79. The van der Waals surface area contributed by atoms with E-state index in [2.05, 4.69) is 4.98 Å². The first kappa shape index (κ1) is 19.1. The highest BCUT2D eigenvalue weighted by Gasteiger charge is 2.24. The van der Waals surface area contributed by atoms with E-state index in [4.69, 9.17) is 9.72 Å². The zero-order valence-electron chi connectivity index (χ0n) is 15.9. The lowest BCUT2D eigenvalue weighted by molar-refractivity contribution is -0.136. The third-order valence-corrected chi connectivity index (χ3v) is 6.02. The van der Waals surface area contributed by atoms with Crippen LogP contribution in [0.1, 0.15) is 13.3 Å². The van der Waals surface area contributed by atoms with E-state index in [-0.39, 0.29) is 5.56 Å². The van der Waals surface area contributed by atoms with Gasteiger partial charge in [0.1, 0.15) is 22.0 Å². The number of carbonyl (C=O) groups is 1. The Morgan fingerprint density at radius 2 is 1.97 bits per heavy atom. The van der Waals surface area contributed by atoms with E-state index >= 15 is 0 Å². The summed E-state index contributed by atoms with van der Waals surface area (Å²) in [4.78, 5) is 33.0.